The highest BCUT2D eigenvalue weighted by Crippen LogP contribution is 2.12. The second-order valence-electron chi connectivity index (χ2n) is 3.78. The Bertz CT molecular complexity index is 625. The first kappa shape index (κ1) is 13.2. The standard InChI is InChI=1S/C13H11FN2O2S/c1-8-9(6-7-18-8)12(17)16-13(19)15-11-5-3-2-4-10(11)14/h2-7H,1H3,(H2,15,16,17,19). The van der Waals surface area contributed by atoms with E-state index in [0.717, 1.165) is 0 Å². The van der Waals surface area contributed by atoms with E-state index in [9.17, 15) is 9.18 Å². The van der Waals surface area contributed by atoms with Crippen molar-refractivity contribution < 1.29 is 13.6 Å². The average Bonchev–Trinajstić information content (AvgIpc) is 2.78. The maximum Gasteiger partial charge on any atom is 0.260 e. The minimum atomic E-state index is -0.446. The number of halogens is 1. The average molecular weight is 278 g/mol. The summed E-state index contributed by atoms with van der Waals surface area (Å²) in [4.78, 5) is 11.8. The molecule has 0 unspecified atom stereocenters. The van der Waals surface area contributed by atoms with Crippen molar-refractivity contribution in [1.29, 1.82) is 0 Å². The van der Waals surface area contributed by atoms with Gasteiger partial charge in [0.05, 0.1) is 17.5 Å². The zero-order chi connectivity index (χ0) is 13.8. The molecule has 0 atom stereocenters. The van der Waals surface area contributed by atoms with Crippen LogP contribution in [0.4, 0.5) is 10.1 Å². The lowest BCUT2D eigenvalue weighted by atomic mass is 10.2. The molecule has 1 heterocycles. The van der Waals surface area contributed by atoms with Crippen LogP contribution in [0.15, 0.2) is 41.0 Å². The maximum atomic E-state index is 13.4. The first-order valence-electron chi connectivity index (χ1n) is 5.49. The first-order chi connectivity index (χ1) is 9.08. The fourth-order valence-electron chi connectivity index (χ4n) is 1.51. The number of carbonyl (C=O) groups excluding carboxylic acids is 1. The van der Waals surface area contributed by atoms with E-state index in [1.165, 1.54) is 24.5 Å². The Morgan fingerprint density at radius 3 is 2.68 bits per heavy atom. The molecule has 6 heteroatoms. The highest BCUT2D eigenvalue weighted by Gasteiger charge is 2.13. The zero-order valence-corrected chi connectivity index (χ0v) is 10.9. The summed E-state index contributed by atoms with van der Waals surface area (Å²) in [6, 6.07) is 7.59. The molecule has 1 aromatic carbocycles. The minimum absolute atomic E-state index is 0.0238. The van der Waals surface area contributed by atoms with Crippen LogP contribution < -0.4 is 10.6 Å². The molecule has 0 bridgehead atoms. The number of para-hydroxylation sites is 1. The number of hydrogen-bond acceptors (Lipinski definition) is 3. The van der Waals surface area contributed by atoms with Gasteiger partial charge in [0, 0.05) is 0 Å². The molecule has 0 saturated carbocycles. The quantitative estimate of drug-likeness (QED) is 0.829. The van der Waals surface area contributed by atoms with Crippen LogP contribution in [0.25, 0.3) is 0 Å². The van der Waals surface area contributed by atoms with Gasteiger partial charge in [-0.05, 0) is 37.3 Å². The van der Waals surface area contributed by atoms with Crippen molar-refractivity contribution in [3.63, 3.8) is 0 Å². The van der Waals surface area contributed by atoms with Gasteiger partial charge < -0.3 is 9.73 Å². The topological polar surface area (TPSA) is 54.3 Å². The van der Waals surface area contributed by atoms with Gasteiger partial charge in [0.1, 0.15) is 11.6 Å². The lowest BCUT2D eigenvalue weighted by Crippen LogP contribution is -2.34. The Labute approximate surface area is 114 Å². The van der Waals surface area contributed by atoms with Gasteiger partial charge in [-0.15, -0.1) is 0 Å². The molecule has 0 aliphatic rings. The summed E-state index contributed by atoms with van der Waals surface area (Å²) in [5.74, 6) is -0.357. The molecule has 0 aliphatic carbocycles. The molecular weight excluding hydrogens is 267 g/mol. The number of hydrogen-bond donors (Lipinski definition) is 2. The summed E-state index contributed by atoms with van der Waals surface area (Å²) in [7, 11) is 0. The van der Waals surface area contributed by atoms with Crippen molar-refractivity contribution in [2.24, 2.45) is 0 Å². The molecule has 0 saturated heterocycles. The van der Waals surface area contributed by atoms with Crippen LogP contribution in [0.1, 0.15) is 16.1 Å². The second-order valence-corrected chi connectivity index (χ2v) is 4.19. The van der Waals surface area contributed by atoms with Crippen LogP contribution in [-0.2, 0) is 0 Å². The molecular formula is C13H11FN2O2S. The van der Waals surface area contributed by atoms with E-state index in [1.54, 1.807) is 19.1 Å². The van der Waals surface area contributed by atoms with E-state index >= 15 is 0 Å². The molecule has 1 amide bonds. The van der Waals surface area contributed by atoms with Gasteiger partial charge in [-0.25, -0.2) is 4.39 Å². The molecule has 19 heavy (non-hydrogen) atoms. The van der Waals surface area contributed by atoms with Crippen LogP contribution in [0, 0.1) is 12.7 Å². The molecule has 2 aromatic rings. The van der Waals surface area contributed by atoms with Crippen molar-refractivity contribution in [3.05, 3.63) is 53.7 Å². The van der Waals surface area contributed by atoms with Crippen molar-refractivity contribution in [2.45, 2.75) is 6.92 Å². The number of anilines is 1. The number of nitrogens with one attached hydrogen (secondary N) is 2. The number of benzene rings is 1. The fourth-order valence-corrected chi connectivity index (χ4v) is 1.71. The van der Waals surface area contributed by atoms with E-state index in [4.69, 9.17) is 16.6 Å². The number of rotatable bonds is 2. The van der Waals surface area contributed by atoms with Gasteiger partial charge in [0.15, 0.2) is 5.11 Å². The van der Waals surface area contributed by atoms with Gasteiger partial charge >= 0.3 is 0 Å². The normalized spacial score (nSPS) is 10.0. The van der Waals surface area contributed by atoms with Crippen LogP contribution in [0.3, 0.4) is 0 Å². The summed E-state index contributed by atoms with van der Waals surface area (Å²) >= 11 is 4.95. The van der Waals surface area contributed by atoms with Crippen molar-refractivity contribution in [1.82, 2.24) is 5.32 Å². The predicted octanol–water partition coefficient (Wildman–Crippen LogP) is 2.85. The molecule has 0 radical (unpaired) electrons. The Morgan fingerprint density at radius 2 is 2.05 bits per heavy atom. The highest BCUT2D eigenvalue weighted by atomic mass is 32.1. The molecule has 0 spiro atoms. The summed E-state index contributed by atoms with van der Waals surface area (Å²) in [5, 5.41) is 5.09. The van der Waals surface area contributed by atoms with Gasteiger partial charge in [-0.3, -0.25) is 10.1 Å². The van der Waals surface area contributed by atoms with Gasteiger partial charge in [-0.2, -0.15) is 0 Å². The second kappa shape index (κ2) is 5.62. The fraction of sp³-hybridized carbons (Fsp3) is 0.0769. The lowest BCUT2D eigenvalue weighted by Gasteiger charge is -2.09. The Morgan fingerprint density at radius 1 is 1.32 bits per heavy atom. The summed E-state index contributed by atoms with van der Waals surface area (Å²) in [5.41, 5.74) is 0.592. The Hall–Kier alpha value is -2.21. The Kier molecular flexibility index (Phi) is 3.91. The SMILES string of the molecule is Cc1occc1C(=O)NC(=S)Nc1ccccc1F. The molecule has 1 aromatic heterocycles. The van der Waals surface area contributed by atoms with E-state index in [0.29, 0.717) is 11.3 Å². The third kappa shape index (κ3) is 3.17. The third-order valence-electron chi connectivity index (χ3n) is 2.45. The molecule has 2 N–H and O–H groups in total. The molecule has 0 aliphatic heterocycles. The van der Waals surface area contributed by atoms with Crippen LogP contribution >= 0.6 is 12.2 Å². The summed E-state index contributed by atoms with van der Waals surface area (Å²) in [6.45, 7) is 1.67. The van der Waals surface area contributed by atoms with E-state index in [2.05, 4.69) is 10.6 Å². The van der Waals surface area contributed by atoms with E-state index in [1.807, 2.05) is 0 Å². The summed E-state index contributed by atoms with van der Waals surface area (Å²) < 4.78 is 18.4. The van der Waals surface area contributed by atoms with Crippen LogP contribution in [-0.4, -0.2) is 11.0 Å². The zero-order valence-electron chi connectivity index (χ0n) is 10.1. The smallest absolute Gasteiger partial charge is 0.260 e. The number of thiocarbonyl (C=S) groups is 1. The molecule has 2 rings (SSSR count). The van der Waals surface area contributed by atoms with Crippen LogP contribution in [0.2, 0.25) is 0 Å². The van der Waals surface area contributed by atoms with Crippen molar-refractivity contribution in [3.8, 4) is 0 Å². The number of furan rings is 1. The first-order valence-corrected chi connectivity index (χ1v) is 5.89. The molecule has 0 fully saturated rings. The van der Waals surface area contributed by atoms with Crippen molar-refractivity contribution >= 4 is 28.9 Å². The van der Waals surface area contributed by atoms with Gasteiger partial charge in [0.2, 0.25) is 0 Å². The highest BCUT2D eigenvalue weighted by molar-refractivity contribution is 7.80. The summed E-state index contributed by atoms with van der Waals surface area (Å²) in [6.07, 6.45) is 1.41. The van der Waals surface area contributed by atoms with Crippen molar-refractivity contribution in [2.75, 3.05) is 5.32 Å². The maximum absolute atomic E-state index is 13.4. The van der Waals surface area contributed by atoms with Gasteiger partial charge in [-0.1, -0.05) is 12.1 Å². The van der Waals surface area contributed by atoms with E-state index < -0.39 is 11.7 Å². The molecule has 98 valence electrons. The Balaban J connectivity index is 2.01. The number of carbonyl (C=O) groups is 1. The van der Waals surface area contributed by atoms with Crippen LogP contribution in [0.5, 0.6) is 0 Å². The number of aryl methyl sites for hydroxylation is 1. The third-order valence-corrected chi connectivity index (χ3v) is 2.66. The molecule has 4 nitrogen and oxygen atoms in total. The predicted molar refractivity (Wildman–Crippen MR) is 73.5 cm³/mol. The van der Waals surface area contributed by atoms with E-state index in [-0.39, 0.29) is 10.8 Å². The minimum Gasteiger partial charge on any atom is -0.469 e. The largest absolute Gasteiger partial charge is 0.469 e. The number of amides is 1. The van der Waals surface area contributed by atoms with Gasteiger partial charge in [0.25, 0.3) is 5.91 Å². The lowest BCUT2D eigenvalue weighted by molar-refractivity contribution is 0.0976. The monoisotopic (exact) mass is 278 g/mol.